The zero-order valence-corrected chi connectivity index (χ0v) is 19.1. The molecule has 10 heteroatoms. The van der Waals surface area contributed by atoms with Gasteiger partial charge in [-0.3, -0.25) is 29.3 Å². The second-order valence-electron chi connectivity index (χ2n) is 8.49. The Hall–Kier alpha value is -3.59. The standard InChI is InChI=1S/C24H22ClN3O6/c1-14(21(29)15-6-10-17(25)11-7-15)26(22(30)16-8-12-18(13-9-16)28(33)34)27-23(31)19-4-2-3-5-20(19)24(27)32/h6-14,19-20H,2-5H2,1H3/t14-,19-,20-/m1/s1. The van der Waals surface area contributed by atoms with Crippen LogP contribution in [0.2, 0.25) is 5.02 Å². The van der Waals surface area contributed by atoms with Crippen LogP contribution in [0.25, 0.3) is 0 Å². The van der Waals surface area contributed by atoms with Crippen molar-refractivity contribution in [1.29, 1.82) is 0 Å². The van der Waals surface area contributed by atoms with E-state index in [9.17, 15) is 29.3 Å². The largest absolute Gasteiger partial charge is 0.292 e. The van der Waals surface area contributed by atoms with Crippen molar-refractivity contribution in [3.05, 3.63) is 74.8 Å². The molecule has 0 unspecified atom stereocenters. The van der Waals surface area contributed by atoms with Gasteiger partial charge in [0, 0.05) is 28.3 Å². The van der Waals surface area contributed by atoms with Crippen molar-refractivity contribution in [2.24, 2.45) is 11.8 Å². The van der Waals surface area contributed by atoms with Gasteiger partial charge in [0.25, 0.3) is 23.4 Å². The van der Waals surface area contributed by atoms with Gasteiger partial charge in [0.1, 0.15) is 6.04 Å². The van der Waals surface area contributed by atoms with Crippen LogP contribution in [0.3, 0.4) is 0 Å². The number of hydrazine groups is 1. The highest BCUT2D eigenvalue weighted by Gasteiger charge is 2.53. The summed E-state index contributed by atoms with van der Waals surface area (Å²) in [4.78, 5) is 63.8. The average molecular weight is 484 g/mol. The molecule has 0 N–H and O–H groups in total. The molecule has 1 aliphatic heterocycles. The Labute approximate surface area is 200 Å². The minimum atomic E-state index is -1.20. The molecule has 3 atom stereocenters. The summed E-state index contributed by atoms with van der Waals surface area (Å²) in [5.74, 6) is -3.30. The number of hydrogen-bond acceptors (Lipinski definition) is 6. The first kappa shape index (κ1) is 23.6. The summed E-state index contributed by atoms with van der Waals surface area (Å²) in [6.07, 6.45) is 2.71. The molecule has 1 aliphatic carbocycles. The molecule has 2 aromatic carbocycles. The number of fused-ring (bicyclic) bond motifs is 1. The van der Waals surface area contributed by atoms with Crippen molar-refractivity contribution in [2.75, 3.05) is 0 Å². The molecule has 1 saturated carbocycles. The first-order valence-corrected chi connectivity index (χ1v) is 11.3. The van der Waals surface area contributed by atoms with Crippen LogP contribution < -0.4 is 0 Å². The number of non-ortho nitro benzene ring substituents is 1. The van der Waals surface area contributed by atoms with E-state index in [0.717, 1.165) is 35.0 Å². The molecule has 1 saturated heterocycles. The maximum atomic E-state index is 13.6. The van der Waals surface area contributed by atoms with Gasteiger partial charge in [-0.05, 0) is 56.2 Å². The SMILES string of the molecule is C[C@H](C(=O)c1ccc(Cl)cc1)N(C(=O)c1ccc([N+](=O)[O-])cc1)N1C(=O)[C@@H]2CCCC[C@H]2C1=O. The van der Waals surface area contributed by atoms with E-state index in [0.29, 0.717) is 17.9 Å². The van der Waals surface area contributed by atoms with E-state index < -0.39 is 46.3 Å². The average Bonchev–Trinajstić information content (AvgIpc) is 3.09. The fraction of sp³-hybridized carbons (Fsp3) is 0.333. The maximum absolute atomic E-state index is 13.6. The Kier molecular flexibility index (Phi) is 6.47. The fourth-order valence-corrected chi connectivity index (χ4v) is 4.75. The number of benzene rings is 2. The third-order valence-electron chi connectivity index (χ3n) is 6.44. The Morgan fingerprint density at radius 2 is 1.47 bits per heavy atom. The zero-order chi connectivity index (χ0) is 24.6. The lowest BCUT2D eigenvalue weighted by atomic mass is 9.81. The normalized spacial score (nSPS) is 20.6. The third kappa shape index (κ3) is 4.19. The summed E-state index contributed by atoms with van der Waals surface area (Å²) in [6, 6.07) is 9.67. The number of Topliss-reactive ketones (excluding diaryl/α,β-unsaturated/α-hetero) is 1. The molecule has 1 heterocycles. The van der Waals surface area contributed by atoms with E-state index in [4.69, 9.17) is 11.6 Å². The maximum Gasteiger partial charge on any atom is 0.273 e. The summed E-state index contributed by atoms with van der Waals surface area (Å²) in [6.45, 7) is 1.45. The van der Waals surface area contributed by atoms with Crippen molar-refractivity contribution in [3.8, 4) is 0 Å². The van der Waals surface area contributed by atoms with Crippen molar-refractivity contribution < 1.29 is 24.1 Å². The first-order valence-electron chi connectivity index (χ1n) is 11.0. The number of nitro groups is 1. The summed E-state index contributed by atoms with van der Waals surface area (Å²) < 4.78 is 0. The summed E-state index contributed by atoms with van der Waals surface area (Å²) in [7, 11) is 0. The molecule has 176 valence electrons. The summed E-state index contributed by atoms with van der Waals surface area (Å²) in [5.41, 5.74) is 0.0551. The number of rotatable bonds is 6. The minimum Gasteiger partial charge on any atom is -0.292 e. The predicted octanol–water partition coefficient (Wildman–Crippen LogP) is 4.05. The molecule has 2 aromatic rings. The molecular formula is C24H22ClN3O6. The first-order chi connectivity index (χ1) is 16.2. The molecular weight excluding hydrogens is 462 g/mol. The molecule has 3 amide bonds. The van der Waals surface area contributed by atoms with E-state index in [1.807, 2.05) is 0 Å². The Morgan fingerprint density at radius 3 is 1.97 bits per heavy atom. The number of carbonyl (C=O) groups is 4. The van der Waals surface area contributed by atoms with E-state index in [1.165, 1.54) is 43.3 Å². The molecule has 9 nitrogen and oxygen atoms in total. The van der Waals surface area contributed by atoms with Crippen LogP contribution in [0.15, 0.2) is 48.5 Å². The zero-order valence-electron chi connectivity index (χ0n) is 18.3. The van der Waals surface area contributed by atoms with E-state index >= 15 is 0 Å². The van der Waals surface area contributed by atoms with Crippen LogP contribution >= 0.6 is 11.6 Å². The summed E-state index contributed by atoms with van der Waals surface area (Å²) >= 11 is 5.91. The monoisotopic (exact) mass is 483 g/mol. The predicted molar refractivity (Wildman–Crippen MR) is 122 cm³/mol. The molecule has 0 bridgehead atoms. The summed E-state index contributed by atoms with van der Waals surface area (Å²) in [5, 5.41) is 13.1. The molecule has 0 aromatic heterocycles. The number of halogens is 1. The van der Waals surface area contributed by atoms with Crippen LogP contribution in [0, 0.1) is 22.0 Å². The second kappa shape index (κ2) is 9.34. The lowest BCUT2D eigenvalue weighted by Gasteiger charge is -2.34. The van der Waals surface area contributed by atoms with Crippen molar-refractivity contribution in [1.82, 2.24) is 10.0 Å². The second-order valence-corrected chi connectivity index (χ2v) is 8.92. The van der Waals surface area contributed by atoms with Crippen LogP contribution in [-0.4, -0.2) is 44.5 Å². The van der Waals surface area contributed by atoms with Crippen LogP contribution in [0.1, 0.15) is 53.3 Å². The van der Waals surface area contributed by atoms with Gasteiger partial charge in [-0.15, -0.1) is 0 Å². The Morgan fingerprint density at radius 1 is 0.971 bits per heavy atom. The van der Waals surface area contributed by atoms with Crippen LogP contribution in [-0.2, 0) is 9.59 Å². The van der Waals surface area contributed by atoms with E-state index in [1.54, 1.807) is 0 Å². The molecule has 2 aliphatic rings. The number of nitrogens with zero attached hydrogens (tertiary/aromatic N) is 3. The molecule has 34 heavy (non-hydrogen) atoms. The van der Waals surface area contributed by atoms with Gasteiger partial charge in [0.15, 0.2) is 5.78 Å². The van der Waals surface area contributed by atoms with E-state index in [-0.39, 0.29) is 16.8 Å². The minimum absolute atomic E-state index is 0.0110. The number of ketones is 1. The highest BCUT2D eigenvalue weighted by atomic mass is 35.5. The molecule has 0 spiro atoms. The lowest BCUT2D eigenvalue weighted by Crippen LogP contribution is -2.56. The van der Waals surface area contributed by atoms with Gasteiger partial charge in [0.2, 0.25) is 0 Å². The number of carbonyl (C=O) groups excluding carboxylic acids is 4. The topological polar surface area (TPSA) is 118 Å². The fourth-order valence-electron chi connectivity index (χ4n) is 4.62. The Balaban J connectivity index is 1.74. The van der Waals surface area contributed by atoms with Gasteiger partial charge in [-0.25, -0.2) is 5.01 Å². The van der Waals surface area contributed by atoms with Crippen LogP contribution in [0.4, 0.5) is 5.69 Å². The van der Waals surface area contributed by atoms with Crippen LogP contribution in [0.5, 0.6) is 0 Å². The highest BCUT2D eigenvalue weighted by Crippen LogP contribution is 2.39. The van der Waals surface area contributed by atoms with Crippen molar-refractivity contribution in [2.45, 2.75) is 38.6 Å². The molecule has 0 radical (unpaired) electrons. The number of hydrogen-bond donors (Lipinski definition) is 0. The van der Waals surface area contributed by atoms with E-state index in [2.05, 4.69) is 0 Å². The van der Waals surface area contributed by atoms with Crippen molar-refractivity contribution >= 4 is 40.8 Å². The number of imide groups is 1. The van der Waals surface area contributed by atoms with Gasteiger partial charge < -0.3 is 0 Å². The number of amides is 3. The van der Waals surface area contributed by atoms with Crippen molar-refractivity contribution in [3.63, 3.8) is 0 Å². The number of nitro benzene ring substituents is 1. The van der Waals surface area contributed by atoms with Gasteiger partial charge >= 0.3 is 0 Å². The lowest BCUT2D eigenvalue weighted by molar-refractivity contribution is -0.384. The third-order valence-corrected chi connectivity index (χ3v) is 6.69. The quantitative estimate of drug-likeness (QED) is 0.265. The van der Waals surface area contributed by atoms with Gasteiger partial charge in [-0.1, -0.05) is 24.4 Å². The smallest absolute Gasteiger partial charge is 0.273 e. The van der Waals surface area contributed by atoms with Gasteiger partial charge in [0.05, 0.1) is 16.8 Å². The Bertz CT molecular complexity index is 1140. The molecule has 4 rings (SSSR count). The highest BCUT2D eigenvalue weighted by molar-refractivity contribution is 6.30. The molecule has 2 fully saturated rings. The van der Waals surface area contributed by atoms with Gasteiger partial charge in [-0.2, -0.15) is 5.01 Å².